The largest absolute Gasteiger partial charge is 0.497 e. The van der Waals surface area contributed by atoms with Crippen molar-refractivity contribution >= 4 is 5.96 Å². The molecule has 0 aliphatic rings. The van der Waals surface area contributed by atoms with Crippen LogP contribution in [-0.4, -0.2) is 33.3 Å². The van der Waals surface area contributed by atoms with E-state index in [2.05, 4.69) is 34.2 Å². The molecule has 0 amide bonds. The highest BCUT2D eigenvalue weighted by Gasteiger charge is 2.11. The Labute approximate surface area is 129 Å². The standard InChI is InChI=1S/C15H23F2N3O2/c1-10(2)8-19-15(18-3)20-9-11-5-6-12(21-4)7-13(11)22-14(16)17/h5-7,10,14H,8-9H2,1-4H3,(H2,18,19,20). The molecule has 22 heavy (non-hydrogen) atoms. The Balaban J connectivity index is 2.74. The molecule has 0 aromatic heterocycles. The van der Waals surface area contributed by atoms with E-state index in [1.165, 1.54) is 13.2 Å². The summed E-state index contributed by atoms with van der Waals surface area (Å²) in [6, 6.07) is 4.81. The highest BCUT2D eigenvalue weighted by Crippen LogP contribution is 2.26. The van der Waals surface area contributed by atoms with Crippen molar-refractivity contribution in [3.05, 3.63) is 23.8 Å². The average Bonchev–Trinajstić information content (AvgIpc) is 2.47. The van der Waals surface area contributed by atoms with Crippen LogP contribution in [0.15, 0.2) is 23.2 Å². The van der Waals surface area contributed by atoms with Gasteiger partial charge in [0.15, 0.2) is 5.96 Å². The van der Waals surface area contributed by atoms with Gasteiger partial charge < -0.3 is 20.1 Å². The second-order valence-electron chi connectivity index (χ2n) is 5.05. The molecular formula is C15H23F2N3O2. The fraction of sp³-hybridized carbons (Fsp3) is 0.533. The number of benzene rings is 1. The van der Waals surface area contributed by atoms with Crippen LogP contribution in [0.1, 0.15) is 19.4 Å². The first-order valence-electron chi connectivity index (χ1n) is 7.02. The summed E-state index contributed by atoms with van der Waals surface area (Å²) in [4.78, 5) is 4.08. The van der Waals surface area contributed by atoms with Gasteiger partial charge in [0, 0.05) is 31.8 Å². The molecule has 124 valence electrons. The number of hydrogen-bond acceptors (Lipinski definition) is 3. The lowest BCUT2D eigenvalue weighted by Crippen LogP contribution is -2.38. The number of rotatable bonds is 7. The maximum absolute atomic E-state index is 12.5. The molecule has 2 N–H and O–H groups in total. The summed E-state index contributed by atoms with van der Waals surface area (Å²) < 4.78 is 34.5. The quantitative estimate of drug-likeness (QED) is 0.600. The third kappa shape index (κ3) is 6.15. The van der Waals surface area contributed by atoms with Crippen LogP contribution >= 0.6 is 0 Å². The van der Waals surface area contributed by atoms with E-state index in [0.717, 1.165) is 6.54 Å². The molecule has 1 rings (SSSR count). The van der Waals surface area contributed by atoms with Gasteiger partial charge in [-0.25, -0.2) is 0 Å². The first-order chi connectivity index (χ1) is 10.5. The smallest absolute Gasteiger partial charge is 0.387 e. The fourth-order valence-electron chi connectivity index (χ4n) is 1.71. The fourth-order valence-corrected chi connectivity index (χ4v) is 1.71. The minimum atomic E-state index is -2.88. The maximum Gasteiger partial charge on any atom is 0.387 e. The Bertz CT molecular complexity index is 494. The SMILES string of the molecule is CN=C(NCc1ccc(OC)cc1OC(F)F)NCC(C)C. The molecule has 0 saturated heterocycles. The maximum atomic E-state index is 12.5. The molecule has 0 aliphatic heterocycles. The molecule has 1 aromatic rings. The molecule has 5 nitrogen and oxygen atoms in total. The molecule has 0 saturated carbocycles. The van der Waals surface area contributed by atoms with Crippen molar-refractivity contribution in [1.82, 2.24) is 10.6 Å². The normalized spacial score (nSPS) is 11.7. The molecule has 7 heteroatoms. The second kappa shape index (κ2) is 9.07. The van der Waals surface area contributed by atoms with Crippen molar-refractivity contribution in [2.24, 2.45) is 10.9 Å². The van der Waals surface area contributed by atoms with Crippen molar-refractivity contribution in [3.63, 3.8) is 0 Å². The second-order valence-corrected chi connectivity index (χ2v) is 5.05. The summed E-state index contributed by atoms with van der Waals surface area (Å²) in [5.74, 6) is 1.62. The van der Waals surface area contributed by atoms with Crippen molar-refractivity contribution in [2.45, 2.75) is 27.0 Å². The Morgan fingerprint density at radius 3 is 2.55 bits per heavy atom. The minimum Gasteiger partial charge on any atom is -0.497 e. The summed E-state index contributed by atoms with van der Waals surface area (Å²) in [6.07, 6.45) is 0. The number of methoxy groups -OCH3 is 1. The minimum absolute atomic E-state index is 0.0844. The predicted octanol–water partition coefficient (Wildman–Crippen LogP) is 2.62. The van der Waals surface area contributed by atoms with Gasteiger partial charge in [0.05, 0.1) is 7.11 Å². The lowest BCUT2D eigenvalue weighted by Gasteiger charge is -2.16. The third-order valence-corrected chi connectivity index (χ3v) is 2.84. The van der Waals surface area contributed by atoms with E-state index in [0.29, 0.717) is 29.7 Å². The molecule has 0 aliphatic carbocycles. The van der Waals surface area contributed by atoms with Gasteiger partial charge in [0.25, 0.3) is 0 Å². The number of aliphatic imine (C=N–C) groups is 1. The molecule has 0 heterocycles. The topological polar surface area (TPSA) is 54.9 Å². The van der Waals surface area contributed by atoms with Gasteiger partial charge in [-0.3, -0.25) is 4.99 Å². The van der Waals surface area contributed by atoms with E-state index < -0.39 is 6.61 Å². The van der Waals surface area contributed by atoms with E-state index in [9.17, 15) is 8.78 Å². The van der Waals surface area contributed by atoms with Gasteiger partial charge in [-0.15, -0.1) is 0 Å². The zero-order chi connectivity index (χ0) is 16.5. The molecule has 0 bridgehead atoms. The summed E-state index contributed by atoms with van der Waals surface area (Å²) in [7, 11) is 3.12. The Hall–Kier alpha value is -2.05. The molecule has 0 unspecified atom stereocenters. The van der Waals surface area contributed by atoms with Crippen LogP contribution in [0.3, 0.4) is 0 Å². The zero-order valence-electron chi connectivity index (χ0n) is 13.3. The monoisotopic (exact) mass is 315 g/mol. The van der Waals surface area contributed by atoms with E-state index in [4.69, 9.17) is 4.74 Å². The summed E-state index contributed by atoms with van der Waals surface area (Å²) in [5, 5.41) is 6.21. The van der Waals surface area contributed by atoms with Gasteiger partial charge in [-0.1, -0.05) is 13.8 Å². The van der Waals surface area contributed by atoms with E-state index >= 15 is 0 Å². The first kappa shape index (κ1) is 18.0. The van der Waals surface area contributed by atoms with Crippen LogP contribution in [0, 0.1) is 5.92 Å². The Morgan fingerprint density at radius 1 is 1.27 bits per heavy atom. The summed E-state index contributed by atoms with van der Waals surface area (Å²) >= 11 is 0. The first-order valence-corrected chi connectivity index (χ1v) is 7.02. The lowest BCUT2D eigenvalue weighted by molar-refractivity contribution is -0.0505. The Kier molecular flexibility index (Phi) is 7.42. The van der Waals surface area contributed by atoms with Crippen molar-refractivity contribution in [1.29, 1.82) is 0 Å². The average molecular weight is 315 g/mol. The van der Waals surface area contributed by atoms with E-state index in [-0.39, 0.29) is 5.75 Å². The van der Waals surface area contributed by atoms with Gasteiger partial charge in [0.1, 0.15) is 11.5 Å². The molecule has 1 aromatic carbocycles. The van der Waals surface area contributed by atoms with Crippen molar-refractivity contribution < 1.29 is 18.3 Å². The van der Waals surface area contributed by atoms with Gasteiger partial charge >= 0.3 is 6.61 Å². The van der Waals surface area contributed by atoms with Crippen LogP contribution in [0.4, 0.5) is 8.78 Å². The lowest BCUT2D eigenvalue weighted by atomic mass is 10.2. The van der Waals surface area contributed by atoms with Gasteiger partial charge in [-0.2, -0.15) is 8.78 Å². The zero-order valence-corrected chi connectivity index (χ0v) is 13.3. The van der Waals surface area contributed by atoms with Crippen LogP contribution in [-0.2, 0) is 6.54 Å². The molecular weight excluding hydrogens is 292 g/mol. The summed E-state index contributed by atoms with van der Waals surface area (Å²) in [6.45, 7) is 2.35. The Morgan fingerprint density at radius 2 is 2.00 bits per heavy atom. The molecule has 0 fully saturated rings. The number of ether oxygens (including phenoxy) is 2. The van der Waals surface area contributed by atoms with Crippen LogP contribution in [0.2, 0.25) is 0 Å². The predicted molar refractivity (Wildman–Crippen MR) is 82.7 cm³/mol. The third-order valence-electron chi connectivity index (χ3n) is 2.84. The van der Waals surface area contributed by atoms with Crippen molar-refractivity contribution in [2.75, 3.05) is 20.7 Å². The van der Waals surface area contributed by atoms with Crippen LogP contribution in [0.5, 0.6) is 11.5 Å². The van der Waals surface area contributed by atoms with Crippen molar-refractivity contribution in [3.8, 4) is 11.5 Å². The number of halogens is 2. The van der Waals surface area contributed by atoms with E-state index in [1.807, 2.05) is 0 Å². The van der Waals surface area contributed by atoms with Gasteiger partial charge in [-0.05, 0) is 18.1 Å². The number of nitrogens with zero attached hydrogens (tertiary/aromatic N) is 1. The number of hydrogen-bond donors (Lipinski definition) is 2. The highest BCUT2D eigenvalue weighted by atomic mass is 19.3. The highest BCUT2D eigenvalue weighted by molar-refractivity contribution is 5.79. The number of alkyl halides is 2. The van der Waals surface area contributed by atoms with Crippen LogP contribution < -0.4 is 20.1 Å². The number of nitrogens with one attached hydrogen (secondary N) is 2. The summed E-state index contributed by atoms with van der Waals surface area (Å²) in [5.41, 5.74) is 0.591. The molecule has 0 radical (unpaired) electrons. The molecule has 0 atom stereocenters. The van der Waals surface area contributed by atoms with E-state index in [1.54, 1.807) is 19.2 Å². The molecule has 0 spiro atoms. The van der Waals surface area contributed by atoms with Gasteiger partial charge in [0.2, 0.25) is 0 Å². The number of guanidine groups is 1. The van der Waals surface area contributed by atoms with Crippen LogP contribution in [0.25, 0.3) is 0 Å².